The molecule has 1 aliphatic heterocycles. The van der Waals surface area contributed by atoms with E-state index in [-0.39, 0.29) is 5.91 Å². The van der Waals surface area contributed by atoms with Crippen molar-refractivity contribution in [1.29, 1.82) is 0 Å². The topological polar surface area (TPSA) is 48.5 Å². The minimum absolute atomic E-state index is 0.0800. The lowest BCUT2D eigenvalue weighted by atomic mass is 10.1. The van der Waals surface area contributed by atoms with Gasteiger partial charge in [0.05, 0.1) is 0 Å². The molecule has 2 aromatic rings. The molecule has 0 saturated carbocycles. The van der Waals surface area contributed by atoms with Gasteiger partial charge in [0, 0.05) is 51.0 Å². The zero-order valence-corrected chi connectivity index (χ0v) is 14.8. The van der Waals surface area contributed by atoms with E-state index < -0.39 is 0 Å². The van der Waals surface area contributed by atoms with Gasteiger partial charge in [-0.3, -0.25) is 9.69 Å². The van der Waals surface area contributed by atoms with E-state index >= 15 is 0 Å². The Balaban J connectivity index is 1.39. The van der Waals surface area contributed by atoms with Crippen LogP contribution in [0, 0.1) is 0 Å². The van der Waals surface area contributed by atoms with E-state index in [2.05, 4.69) is 39.2 Å². The van der Waals surface area contributed by atoms with Crippen LogP contribution in [0.1, 0.15) is 18.9 Å². The third kappa shape index (κ3) is 5.03. The van der Waals surface area contributed by atoms with Gasteiger partial charge >= 0.3 is 0 Å². The first-order valence-corrected chi connectivity index (χ1v) is 9.01. The average Bonchev–Trinajstić information content (AvgIpc) is 2.68. The number of benzene rings is 1. The van der Waals surface area contributed by atoms with Gasteiger partial charge in [0.2, 0.25) is 5.91 Å². The SMILES string of the molecule is CCc1ccc(NC(=O)CCN2CCN(c3ccccn3)CC2)cc1. The normalized spacial score (nSPS) is 15.2. The van der Waals surface area contributed by atoms with Crippen molar-refractivity contribution in [2.45, 2.75) is 19.8 Å². The Hall–Kier alpha value is -2.40. The molecule has 0 spiro atoms. The molecular formula is C20H26N4O. The van der Waals surface area contributed by atoms with Gasteiger partial charge in [-0.1, -0.05) is 25.1 Å². The van der Waals surface area contributed by atoms with Gasteiger partial charge in [-0.25, -0.2) is 4.98 Å². The van der Waals surface area contributed by atoms with Gasteiger partial charge in [0.25, 0.3) is 0 Å². The summed E-state index contributed by atoms with van der Waals surface area (Å²) < 4.78 is 0. The van der Waals surface area contributed by atoms with Crippen molar-refractivity contribution >= 4 is 17.4 Å². The van der Waals surface area contributed by atoms with Crippen molar-refractivity contribution in [3.8, 4) is 0 Å². The van der Waals surface area contributed by atoms with Gasteiger partial charge in [0.1, 0.15) is 5.82 Å². The molecule has 5 nitrogen and oxygen atoms in total. The number of nitrogens with one attached hydrogen (secondary N) is 1. The molecule has 132 valence electrons. The molecule has 1 aromatic carbocycles. The van der Waals surface area contributed by atoms with Crippen LogP contribution in [-0.4, -0.2) is 48.5 Å². The van der Waals surface area contributed by atoms with E-state index in [1.165, 1.54) is 5.56 Å². The largest absolute Gasteiger partial charge is 0.354 e. The quantitative estimate of drug-likeness (QED) is 0.880. The van der Waals surface area contributed by atoms with Gasteiger partial charge < -0.3 is 10.2 Å². The van der Waals surface area contributed by atoms with Crippen LogP contribution < -0.4 is 10.2 Å². The second-order valence-corrected chi connectivity index (χ2v) is 6.37. The van der Waals surface area contributed by atoms with Crippen LogP contribution in [0.25, 0.3) is 0 Å². The monoisotopic (exact) mass is 338 g/mol. The Morgan fingerprint density at radius 2 is 1.84 bits per heavy atom. The third-order valence-corrected chi connectivity index (χ3v) is 4.65. The van der Waals surface area contributed by atoms with Gasteiger partial charge in [-0.15, -0.1) is 0 Å². The summed E-state index contributed by atoms with van der Waals surface area (Å²) in [4.78, 5) is 21.2. The highest BCUT2D eigenvalue weighted by Gasteiger charge is 2.18. The summed E-state index contributed by atoms with van der Waals surface area (Å²) in [5, 5.41) is 2.98. The Morgan fingerprint density at radius 1 is 1.08 bits per heavy atom. The lowest BCUT2D eigenvalue weighted by Crippen LogP contribution is -2.47. The van der Waals surface area contributed by atoms with Gasteiger partial charge in [0.15, 0.2) is 0 Å². The molecule has 0 atom stereocenters. The van der Waals surface area contributed by atoms with E-state index in [1.54, 1.807) is 0 Å². The highest BCUT2D eigenvalue weighted by molar-refractivity contribution is 5.90. The van der Waals surface area contributed by atoms with E-state index in [0.29, 0.717) is 6.42 Å². The Bertz CT molecular complexity index is 664. The van der Waals surface area contributed by atoms with E-state index in [1.807, 2.05) is 36.5 Å². The number of hydrogen-bond acceptors (Lipinski definition) is 4. The molecule has 0 aliphatic carbocycles. The molecule has 1 aromatic heterocycles. The number of hydrogen-bond donors (Lipinski definition) is 1. The minimum atomic E-state index is 0.0800. The van der Waals surface area contributed by atoms with Gasteiger partial charge in [-0.2, -0.15) is 0 Å². The van der Waals surface area contributed by atoms with Crippen LogP contribution in [0.3, 0.4) is 0 Å². The molecule has 0 radical (unpaired) electrons. The molecule has 2 heterocycles. The fourth-order valence-corrected chi connectivity index (χ4v) is 3.05. The van der Waals surface area contributed by atoms with Crippen LogP contribution >= 0.6 is 0 Å². The maximum atomic E-state index is 12.1. The lowest BCUT2D eigenvalue weighted by molar-refractivity contribution is -0.116. The first-order valence-electron chi connectivity index (χ1n) is 9.01. The lowest BCUT2D eigenvalue weighted by Gasteiger charge is -2.35. The summed E-state index contributed by atoms with van der Waals surface area (Å²) in [6, 6.07) is 14.1. The molecule has 3 rings (SSSR count). The Morgan fingerprint density at radius 3 is 2.48 bits per heavy atom. The number of anilines is 2. The maximum absolute atomic E-state index is 12.1. The fraction of sp³-hybridized carbons (Fsp3) is 0.400. The molecule has 25 heavy (non-hydrogen) atoms. The van der Waals surface area contributed by atoms with Crippen molar-refractivity contribution in [3.05, 3.63) is 54.2 Å². The van der Waals surface area contributed by atoms with Crippen molar-refractivity contribution < 1.29 is 4.79 Å². The summed E-state index contributed by atoms with van der Waals surface area (Å²) in [7, 11) is 0. The van der Waals surface area contributed by atoms with E-state index in [9.17, 15) is 4.79 Å². The summed E-state index contributed by atoms with van der Waals surface area (Å²) in [6.07, 6.45) is 3.37. The zero-order valence-electron chi connectivity index (χ0n) is 14.8. The van der Waals surface area contributed by atoms with Crippen LogP contribution in [0.4, 0.5) is 11.5 Å². The predicted molar refractivity (Wildman–Crippen MR) is 102 cm³/mol. The number of aryl methyl sites for hydroxylation is 1. The second kappa shape index (κ2) is 8.62. The highest BCUT2D eigenvalue weighted by Crippen LogP contribution is 2.13. The van der Waals surface area contributed by atoms with E-state index in [4.69, 9.17) is 0 Å². The molecule has 5 heteroatoms. The third-order valence-electron chi connectivity index (χ3n) is 4.65. The average molecular weight is 338 g/mol. The van der Waals surface area contributed by atoms with Crippen LogP contribution in [-0.2, 0) is 11.2 Å². The van der Waals surface area contributed by atoms with Crippen molar-refractivity contribution in [3.63, 3.8) is 0 Å². The maximum Gasteiger partial charge on any atom is 0.225 e. The smallest absolute Gasteiger partial charge is 0.225 e. The summed E-state index contributed by atoms with van der Waals surface area (Å²) in [6.45, 7) is 6.77. The van der Waals surface area contributed by atoms with Crippen molar-refractivity contribution in [2.24, 2.45) is 0 Å². The molecule has 1 fully saturated rings. The molecule has 0 bridgehead atoms. The number of pyridine rings is 1. The highest BCUT2D eigenvalue weighted by atomic mass is 16.1. The van der Waals surface area contributed by atoms with Crippen LogP contribution in [0.2, 0.25) is 0 Å². The molecule has 1 amide bonds. The van der Waals surface area contributed by atoms with Crippen molar-refractivity contribution in [1.82, 2.24) is 9.88 Å². The molecule has 0 unspecified atom stereocenters. The number of aromatic nitrogens is 1. The standard InChI is InChI=1S/C20H26N4O/c1-2-17-6-8-18(9-7-17)22-20(25)10-12-23-13-15-24(16-14-23)19-5-3-4-11-21-19/h3-9,11H,2,10,12-16H2,1H3,(H,22,25). The van der Waals surface area contributed by atoms with E-state index in [0.717, 1.165) is 50.6 Å². The number of rotatable bonds is 6. The first kappa shape index (κ1) is 17.4. The van der Waals surface area contributed by atoms with Crippen molar-refractivity contribution in [2.75, 3.05) is 42.9 Å². The van der Waals surface area contributed by atoms with Crippen LogP contribution in [0.5, 0.6) is 0 Å². The first-order chi connectivity index (χ1) is 12.2. The molecule has 1 N–H and O–H groups in total. The number of amides is 1. The predicted octanol–water partition coefficient (Wildman–Crippen LogP) is 2.79. The molecule has 1 saturated heterocycles. The number of carbonyl (C=O) groups is 1. The number of carbonyl (C=O) groups excluding carboxylic acids is 1. The molecular weight excluding hydrogens is 312 g/mol. The fourth-order valence-electron chi connectivity index (χ4n) is 3.05. The molecule has 1 aliphatic rings. The summed E-state index contributed by atoms with van der Waals surface area (Å²) >= 11 is 0. The van der Waals surface area contributed by atoms with Gasteiger partial charge in [-0.05, 0) is 36.2 Å². The van der Waals surface area contributed by atoms with Crippen LogP contribution in [0.15, 0.2) is 48.7 Å². The second-order valence-electron chi connectivity index (χ2n) is 6.37. The Labute approximate surface area is 149 Å². The Kier molecular flexibility index (Phi) is 6.01. The number of piperazine rings is 1. The summed E-state index contributed by atoms with van der Waals surface area (Å²) in [5.74, 6) is 1.12. The zero-order chi connectivity index (χ0) is 17.5. The minimum Gasteiger partial charge on any atom is -0.354 e. The summed E-state index contributed by atoms with van der Waals surface area (Å²) in [5.41, 5.74) is 2.16. The number of nitrogens with zero attached hydrogens (tertiary/aromatic N) is 3.